The summed E-state index contributed by atoms with van der Waals surface area (Å²) in [7, 11) is 0. The monoisotopic (exact) mass is 174 g/mol. The Kier molecular flexibility index (Phi) is 3.98. The molecule has 0 aliphatic heterocycles. The average molecular weight is 174 g/mol. The van der Waals surface area contributed by atoms with Crippen molar-refractivity contribution in [3.8, 4) is 0 Å². The molecule has 0 bridgehead atoms. The van der Waals surface area contributed by atoms with Crippen LogP contribution in [0, 0.1) is 17.8 Å². The first-order chi connectivity index (χ1) is 5.83. The molecule has 0 radical (unpaired) electrons. The minimum absolute atomic E-state index is 0.0937. The van der Waals surface area contributed by atoms with Crippen molar-refractivity contribution in [2.45, 2.75) is 19.3 Å². The molecule has 3 nitrogen and oxygen atoms in total. The maximum Gasteiger partial charge on any atom is 0.0466 e. The van der Waals surface area contributed by atoms with Crippen molar-refractivity contribution < 1.29 is 15.3 Å². The van der Waals surface area contributed by atoms with Gasteiger partial charge in [-0.25, -0.2) is 0 Å². The summed E-state index contributed by atoms with van der Waals surface area (Å²) in [6.07, 6.45) is 3.03. The van der Waals surface area contributed by atoms with Gasteiger partial charge in [0, 0.05) is 19.8 Å². The molecule has 0 aromatic rings. The molecule has 0 aromatic heterocycles. The molecule has 1 rings (SSSR count). The van der Waals surface area contributed by atoms with E-state index in [0.29, 0.717) is 0 Å². The zero-order valence-electron chi connectivity index (χ0n) is 7.32. The lowest BCUT2D eigenvalue weighted by Gasteiger charge is -2.35. The summed E-state index contributed by atoms with van der Waals surface area (Å²) >= 11 is 0. The zero-order chi connectivity index (χ0) is 8.97. The molecule has 3 heteroatoms. The maximum atomic E-state index is 9.07. The Morgan fingerprint density at radius 1 is 0.833 bits per heavy atom. The Hall–Kier alpha value is -0.120. The van der Waals surface area contributed by atoms with Gasteiger partial charge in [0.25, 0.3) is 0 Å². The molecular formula is C9H18O3. The predicted molar refractivity (Wildman–Crippen MR) is 45.6 cm³/mol. The lowest BCUT2D eigenvalue weighted by molar-refractivity contribution is 0.0202. The van der Waals surface area contributed by atoms with Gasteiger partial charge < -0.3 is 15.3 Å². The lowest BCUT2D eigenvalue weighted by atomic mass is 9.73. The number of aliphatic hydroxyl groups is 3. The van der Waals surface area contributed by atoms with Crippen LogP contribution in [0.1, 0.15) is 19.3 Å². The van der Waals surface area contributed by atoms with E-state index in [-0.39, 0.29) is 37.6 Å². The fourth-order valence-electron chi connectivity index (χ4n) is 2.21. The van der Waals surface area contributed by atoms with E-state index in [2.05, 4.69) is 0 Å². The first-order valence-corrected chi connectivity index (χ1v) is 4.66. The largest absolute Gasteiger partial charge is 0.396 e. The van der Waals surface area contributed by atoms with Crippen molar-refractivity contribution in [3.05, 3.63) is 0 Å². The van der Waals surface area contributed by atoms with Gasteiger partial charge in [-0.2, -0.15) is 0 Å². The number of rotatable bonds is 3. The van der Waals surface area contributed by atoms with Crippen molar-refractivity contribution in [1.29, 1.82) is 0 Å². The molecule has 0 spiro atoms. The van der Waals surface area contributed by atoms with Gasteiger partial charge in [-0.05, 0) is 30.6 Å². The van der Waals surface area contributed by atoms with Gasteiger partial charge in [-0.3, -0.25) is 0 Å². The highest BCUT2D eigenvalue weighted by Crippen LogP contribution is 2.33. The van der Waals surface area contributed by atoms with Crippen LogP contribution in [-0.4, -0.2) is 35.1 Å². The standard InChI is InChI=1S/C9H18O3/c10-4-7-2-1-3-8(5-11)9(7)6-12/h7-12H,1-6H2. The van der Waals surface area contributed by atoms with Crippen LogP contribution in [0.2, 0.25) is 0 Å². The second-order valence-electron chi connectivity index (χ2n) is 3.66. The minimum Gasteiger partial charge on any atom is -0.396 e. The first kappa shape index (κ1) is 9.96. The zero-order valence-corrected chi connectivity index (χ0v) is 7.32. The predicted octanol–water partition coefficient (Wildman–Crippen LogP) is -0.00420. The highest BCUT2D eigenvalue weighted by Gasteiger charge is 2.31. The van der Waals surface area contributed by atoms with Crippen LogP contribution in [0.15, 0.2) is 0 Å². The van der Waals surface area contributed by atoms with Crippen LogP contribution in [0.5, 0.6) is 0 Å². The van der Waals surface area contributed by atoms with Crippen LogP contribution in [0.25, 0.3) is 0 Å². The summed E-state index contributed by atoms with van der Waals surface area (Å²) in [6, 6.07) is 0. The highest BCUT2D eigenvalue weighted by molar-refractivity contribution is 4.80. The van der Waals surface area contributed by atoms with Crippen LogP contribution in [0.4, 0.5) is 0 Å². The molecule has 1 aliphatic rings. The van der Waals surface area contributed by atoms with E-state index in [4.69, 9.17) is 15.3 Å². The third kappa shape index (κ3) is 1.97. The fourth-order valence-corrected chi connectivity index (χ4v) is 2.21. The molecule has 72 valence electrons. The summed E-state index contributed by atoms with van der Waals surface area (Å²) < 4.78 is 0. The third-order valence-electron chi connectivity index (χ3n) is 3.04. The van der Waals surface area contributed by atoms with E-state index in [1.165, 1.54) is 0 Å². The van der Waals surface area contributed by atoms with Crippen molar-refractivity contribution in [2.75, 3.05) is 19.8 Å². The van der Waals surface area contributed by atoms with Gasteiger partial charge in [0.15, 0.2) is 0 Å². The van der Waals surface area contributed by atoms with E-state index < -0.39 is 0 Å². The quantitative estimate of drug-likeness (QED) is 0.564. The molecule has 1 saturated carbocycles. The molecule has 2 atom stereocenters. The molecule has 0 amide bonds. The maximum absolute atomic E-state index is 9.07. The Morgan fingerprint density at radius 2 is 1.33 bits per heavy atom. The molecule has 1 aliphatic carbocycles. The molecular weight excluding hydrogens is 156 g/mol. The second kappa shape index (κ2) is 4.80. The Morgan fingerprint density at radius 3 is 1.67 bits per heavy atom. The molecule has 12 heavy (non-hydrogen) atoms. The van der Waals surface area contributed by atoms with E-state index >= 15 is 0 Å². The Balaban J connectivity index is 2.52. The third-order valence-corrected chi connectivity index (χ3v) is 3.04. The van der Waals surface area contributed by atoms with Crippen molar-refractivity contribution in [3.63, 3.8) is 0 Å². The van der Waals surface area contributed by atoms with Crippen LogP contribution < -0.4 is 0 Å². The summed E-state index contributed by atoms with van der Waals surface area (Å²) in [5.74, 6) is 0.496. The summed E-state index contributed by atoms with van der Waals surface area (Å²) in [4.78, 5) is 0. The normalized spacial score (nSPS) is 36.8. The SMILES string of the molecule is OCC1CCCC(CO)C1CO. The van der Waals surface area contributed by atoms with Crippen LogP contribution in [0.3, 0.4) is 0 Å². The molecule has 3 N–H and O–H groups in total. The van der Waals surface area contributed by atoms with E-state index in [9.17, 15) is 0 Å². The van der Waals surface area contributed by atoms with E-state index in [0.717, 1.165) is 19.3 Å². The average Bonchev–Trinajstić information content (AvgIpc) is 2.16. The van der Waals surface area contributed by atoms with Gasteiger partial charge in [0.05, 0.1) is 0 Å². The first-order valence-electron chi connectivity index (χ1n) is 4.66. The Bertz CT molecular complexity index is 115. The number of hydrogen-bond donors (Lipinski definition) is 3. The molecule has 2 unspecified atom stereocenters. The molecule has 0 saturated heterocycles. The van der Waals surface area contributed by atoms with Crippen LogP contribution in [-0.2, 0) is 0 Å². The molecule has 0 aromatic carbocycles. The Labute approximate surface area is 73.0 Å². The van der Waals surface area contributed by atoms with Gasteiger partial charge >= 0.3 is 0 Å². The minimum atomic E-state index is 0.0937. The van der Waals surface area contributed by atoms with E-state index in [1.807, 2.05) is 0 Å². The van der Waals surface area contributed by atoms with Gasteiger partial charge in [0.2, 0.25) is 0 Å². The summed E-state index contributed by atoms with van der Waals surface area (Å²) in [6.45, 7) is 0.375. The number of aliphatic hydroxyl groups excluding tert-OH is 3. The lowest BCUT2D eigenvalue weighted by Crippen LogP contribution is -2.34. The van der Waals surface area contributed by atoms with Crippen LogP contribution >= 0.6 is 0 Å². The van der Waals surface area contributed by atoms with E-state index in [1.54, 1.807) is 0 Å². The van der Waals surface area contributed by atoms with Crippen molar-refractivity contribution in [1.82, 2.24) is 0 Å². The van der Waals surface area contributed by atoms with Crippen molar-refractivity contribution >= 4 is 0 Å². The van der Waals surface area contributed by atoms with Gasteiger partial charge in [-0.1, -0.05) is 6.42 Å². The van der Waals surface area contributed by atoms with Gasteiger partial charge in [0.1, 0.15) is 0 Å². The second-order valence-corrected chi connectivity index (χ2v) is 3.66. The topological polar surface area (TPSA) is 60.7 Å². The smallest absolute Gasteiger partial charge is 0.0466 e. The summed E-state index contributed by atoms with van der Waals surface area (Å²) in [5, 5.41) is 27.1. The molecule has 1 fully saturated rings. The fraction of sp³-hybridized carbons (Fsp3) is 1.00. The van der Waals surface area contributed by atoms with Gasteiger partial charge in [-0.15, -0.1) is 0 Å². The van der Waals surface area contributed by atoms with Crippen molar-refractivity contribution in [2.24, 2.45) is 17.8 Å². The number of hydrogen-bond acceptors (Lipinski definition) is 3. The molecule has 0 heterocycles. The highest BCUT2D eigenvalue weighted by atomic mass is 16.3. The summed E-state index contributed by atoms with van der Waals surface area (Å²) in [5.41, 5.74) is 0.